The van der Waals surface area contributed by atoms with E-state index in [9.17, 15) is 9.59 Å². The molecule has 3 amide bonds. The largest absolute Gasteiger partial charge is 0.438 e. The van der Waals surface area contributed by atoms with Crippen LogP contribution in [0.15, 0.2) is 103 Å². The third kappa shape index (κ3) is 9.67. The summed E-state index contributed by atoms with van der Waals surface area (Å²) in [5.41, 5.74) is 4.77. The average molecular weight is 753 g/mol. The number of anilines is 4. The number of ether oxygens (including phenoxy) is 1. The molecule has 6 aromatic rings. The molecule has 0 bridgehead atoms. The monoisotopic (exact) mass is 752 g/mol. The van der Waals surface area contributed by atoms with Crippen molar-refractivity contribution in [2.75, 3.05) is 62.3 Å². The first-order valence-corrected chi connectivity index (χ1v) is 19.1. The first kappa shape index (κ1) is 38.0. The van der Waals surface area contributed by atoms with Gasteiger partial charge in [-0.3, -0.25) is 15.0 Å². The molecule has 0 saturated carbocycles. The van der Waals surface area contributed by atoms with Crippen molar-refractivity contribution in [3.05, 3.63) is 120 Å². The summed E-state index contributed by atoms with van der Waals surface area (Å²) in [6.07, 6.45) is 4.49. The maximum Gasteiger partial charge on any atom is 0.324 e. The number of carbonyl (C=O) groups is 2. The number of aromatic nitrogens is 4. The number of amides is 3. The summed E-state index contributed by atoms with van der Waals surface area (Å²) in [5, 5.41) is 18.7. The van der Waals surface area contributed by atoms with E-state index in [0.29, 0.717) is 46.9 Å². The standard InChI is InChI=1S/C43H48N10O3/c1-4-5-10-33-29-39(53(50-33)34-16-14-30(2)15-17-34)48-43(55)47-37-18-19-38(36-13-7-6-12-35(36)37)56-40-20-21-45-42(49-40)46-32-11-8-9-31(28-32)41(54)44-22-23-52-26-24-51(3)25-27-52/h6-9,11-21,28-29H,4-5,10,22-27H2,1-3H3,(H,44,54)(H,45,46,49)(H2,47,48,55). The molecular formula is C43H48N10O3. The Morgan fingerprint density at radius 3 is 2.46 bits per heavy atom. The third-order valence-electron chi connectivity index (χ3n) is 9.73. The molecule has 2 aromatic heterocycles. The van der Waals surface area contributed by atoms with E-state index in [-0.39, 0.29) is 5.91 Å². The summed E-state index contributed by atoms with van der Waals surface area (Å²) in [6.45, 7) is 9.70. The number of piperazine rings is 1. The molecular weight excluding hydrogens is 705 g/mol. The maximum atomic E-state index is 13.5. The molecule has 1 aliphatic heterocycles. The van der Waals surface area contributed by atoms with Crippen molar-refractivity contribution in [2.45, 2.75) is 33.1 Å². The number of nitrogens with zero attached hydrogens (tertiary/aromatic N) is 6. The number of urea groups is 1. The number of rotatable bonds is 14. The normalized spacial score (nSPS) is 13.3. The van der Waals surface area contributed by atoms with E-state index in [1.807, 2.05) is 79.7 Å². The van der Waals surface area contributed by atoms with Gasteiger partial charge in [0.05, 0.1) is 17.1 Å². The lowest BCUT2D eigenvalue weighted by molar-refractivity contribution is 0.0941. The minimum atomic E-state index is -0.391. The second kappa shape index (κ2) is 17.9. The topological polar surface area (TPSA) is 142 Å². The average Bonchev–Trinajstić information content (AvgIpc) is 3.61. The highest BCUT2D eigenvalue weighted by Gasteiger charge is 2.17. The zero-order valence-corrected chi connectivity index (χ0v) is 32.1. The molecule has 0 atom stereocenters. The van der Waals surface area contributed by atoms with Crippen LogP contribution in [0, 0.1) is 6.92 Å². The van der Waals surface area contributed by atoms with Crippen molar-refractivity contribution in [3.63, 3.8) is 0 Å². The SMILES string of the molecule is CCCCc1cc(NC(=O)Nc2ccc(Oc3ccnc(Nc4cccc(C(=O)NCCN5CCN(C)CC5)c4)n3)c3ccccc23)n(-c2ccc(C)cc2)n1. The van der Waals surface area contributed by atoms with Crippen LogP contribution < -0.4 is 26.0 Å². The van der Waals surface area contributed by atoms with Crippen LogP contribution in [0.1, 0.15) is 41.4 Å². The van der Waals surface area contributed by atoms with E-state index in [4.69, 9.17) is 9.84 Å². The molecule has 1 aliphatic rings. The number of hydrogen-bond donors (Lipinski definition) is 4. The Kier molecular flexibility index (Phi) is 12.1. The highest BCUT2D eigenvalue weighted by molar-refractivity contribution is 6.07. The maximum absolute atomic E-state index is 13.5. The van der Waals surface area contributed by atoms with Gasteiger partial charge in [0, 0.05) is 79.6 Å². The van der Waals surface area contributed by atoms with Gasteiger partial charge < -0.3 is 25.6 Å². The van der Waals surface area contributed by atoms with Gasteiger partial charge in [-0.15, -0.1) is 0 Å². The van der Waals surface area contributed by atoms with Gasteiger partial charge >= 0.3 is 6.03 Å². The van der Waals surface area contributed by atoms with Crippen LogP contribution in [0.2, 0.25) is 0 Å². The summed E-state index contributed by atoms with van der Waals surface area (Å²) in [5.74, 6) is 1.66. The Balaban J connectivity index is 1.01. The van der Waals surface area contributed by atoms with Gasteiger partial charge in [-0.25, -0.2) is 14.5 Å². The van der Waals surface area contributed by atoms with E-state index in [1.54, 1.807) is 35.1 Å². The van der Waals surface area contributed by atoms with Gasteiger partial charge in [0.1, 0.15) is 11.6 Å². The summed E-state index contributed by atoms with van der Waals surface area (Å²) >= 11 is 0. The van der Waals surface area contributed by atoms with Crippen LogP contribution in [0.25, 0.3) is 16.5 Å². The van der Waals surface area contributed by atoms with Crippen LogP contribution >= 0.6 is 0 Å². The predicted molar refractivity (Wildman–Crippen MR) is 222 cm³/mol. The Morgan fingerprint density at radius 1 is 0.857 bits per heavy atom. The minimum Gasteiger partial charge on any atom is -0.438 e. The second-order valence-corrected chi connectivity index (χ2v) is 14.0. The first-order valence-electron chi connectivity index (χ1n) is 19.1. The Bertz CT molecular complexity index is 2280. The van der Waals surface area contributed by atoms with E-state index in [0.717, 1.165) is 79.7 Å². The lowest BCUT2D eigenvalue weighted by atomic mass is 10.1. The number of likely N-dealkylation sites (N-methyl/N-ethyl adjacent to an activating group) is 1. The molecule has 0 aliphatic carbocycles. The van der Waals surface area contributed by atoms with Gasteiger partial charge in [0.25, 0.3) is 5.91 Å². The van der Waals surface area contributed by atoms with Crippen LogP contribution in [-0.4, -0.2) is 87.8 Å². The smallest absolute Gasteiger partial charge is 0.324 e. The second-order valence-electron chi connectivity index (χ2n) is 14.0. The molecule has 288 valence electrons. The number of carbonyl (C=O) groups excluding carboxylic acids is 2. The minimum absolute atomic E-state index is 0.131. The summed E-state index contributed by atoms with van der Waals surface area (Å²) in [6, 6.07) is 29.8. The number of unbranched alkanes of at least 4 members (excludes halogenated alkanes) is 1. The van der Waals surface area contributed by atoms with Crippen molar-refractivity contribution in [1.29, 1.82) is 0 Å². The predicted octanol–water partition coefficient (Wildman–Crippen LogP) is 7.62. The molecule has 7 rings (SSSR count). The lowest BCUT2D eigenvalue weighted by Gasteiger charge is -2.32. The summed E-state index contributed by atoms with van der Waals surface area (Å²) < 4.78 is 8.07. The van der Waals surface area contributed by atoms with Crippen LogP contribution in [0.3, 0.4) is 0 Å². The fraction of sp³-hybridized carbons (Fsp3) is 0.279. The zero-order valence-electron chi connectivity index (χ0n) is 32.1. The zero-order chi connectivity index (χ0) is 38.9. The quantitative estimate of drug-likeness (QED) is 0.0884. The fourth-order valence-electron chi connectivity index (χ4n) is 6.56. The van der Waals surface area contributed by atoms with Gasteiger partial charge in [-0.05, 0) is 69.3 Å². The Hall–Kier alpha value is -6.31. The summed E-state index contributed by atoms with van der Waals surface area (Å²) in [4.78, 5) is 40.1. The van der Waals surface area contributed by atoms with E-state index in [1.165, 1.54) is 0 Å². The van der Waals surface area contributed by atoms with Crippen LogP contribution in [0.4, 0.5) is 27.9 Å². The number of aryl methyl sites for hydroxylation is 2. The molecule has 3 heterocycles. The first-order chi connectivity index (χ1) is 27.3. The molecule has 13 heteroatoms. The highest BCUT2D eigenvalue weighted by atomic mass is 16.5. The van der Waals surface area contributed by atoms with Gasteiger partial charge in [-0.1, -0.05) is 61.4 Å². The van der Waals surface area contributed by atoms with Gasteiger partial charge in [0.2, 0.25) is 11.8 Å². The van der Waals surface area contributed by atoms with E-state index < -0.39 is 6.03 Å². The number of benzene rings is 4. The lowest BCUT2D eigenvalue weighted by Crippen LogP contribution is -2.46. The molecule has 56 heavy (non-hydrogen) atoms. The third-order valence-corrected chi connectivity index (χ3v) is 9.73. The van der Waals surface area contributed by atoms with Crippen molar-refractivity contribution in [2.24, 2.45) is 0 Å². The fourth-order valence-corrected chi connectivity index (χ4v) is 6.56. The molecule has 1 fully saturated rings. The van der Waals surface area contributed by atoms with Crippen molar-refractivity contribution in [1.82, 2.24) is 34.9 Å². The molecule has 4 aromatic carbocycles. The molecule has 1 saturated heterocycles. The van der Waals surface area contributed by atoms with Gasteiger partial charge in [0.15, 0.2) is 0 Å². The number of nitrogens with one attached hydrogen (secondary N) is 4. The van der Waals surface area contributed by atoms with Crippen LogP contribution in [0.5, 0.6) is 11.6 Å². The Morgan fingerprint density at radius 2 is 1.66 bits per heavy atom. The number of fused-ring (bicyclic) bond motifs is 1. The van der Waals surface area contributed by atoms with Crippen molar-refractivity contribution in [3.8, 4) is 17.3 Å². The molecule has 0 unspecified atom stereocenters. The summed E-state index contributed by atoms with van der Waals surface area (Å²) in [7, 11) is 2.13. The highest BCUT2D eigenvalue weighted by Crippen LogP contribution is 2.34. The molecule has 0 radical (unpaired) electrons. The molecule has 0 spiro atoms. The van der Waals surface area contributed by atoms with Gasteiger partial charge in [-0.2, -0.15) is 10.1 Å². The Labute approximate surface area is 327 Å². The van der Waals surface area contributed by atoms with Crippen molar-refractivity contribution < 1.29 is 14.3 Å². The molecule has 13 nitrogen and oxygen atoms in total. The number of hydrogen-bond acceptors (Lipinski definition) is 9. The van der Waals surface area contributed by atoms with E-state index in [2.05, 4.69) is 55.0 Å². The van der Waals surface area contributed by atoms with Crippen LogP contribution in [-0.2, 0) is 6.42 Å². The molecule has 4 N–H and O–H groups in total. The van der Waals surface area contributed by atoms with Crippen molar-refractivity contribution >= 4 is 45.9 Å². The van der Waals surface area contributed by atoms with E-state index >= 15 is 0 Å².